The van der Waals surface area contributed by atoms with Crippen molar-refractivity contribution in [3.8, 4) is 5.75 Å². The Balaban J connectivity index is 1.97. The number of hydrogen-bond donors (Lipinski definition) is 1. The molecule has 1 fully saturated rings. The van der Waals surface area contributed by atoms with Crippen LogP contribution in [0.25, 0.3) is 0 Å². The first-order chi connectivity index (χ1) is 9.10. The fourth-order valence-corrected chi connectivity index (χ4v) is 3.82. The molecule has 1 heterocycles. The molecule has 2 N–H and O–H groups in total. The SMILES string of the molecule is CC1(C(N)c2cc(Cl)cc3c2OCC3)CCCCC1. The Hall–Kier alpha value is -0.730. The van der Waals surface area contributed by atoms with Crippen molar-refractivity contribution in [2.75, 3.05) is 6.61 Å². The standard InChI is InChI=1S/C16H22ClNO/c1-16(6-3-2-4-7-16)15(18)13-10-12(17)9-11-5-8-19-14(11)13/h9-10,15H,2-8,18H2,1H3. The minimum absolute atomic E-state index is 0.0262. The molecule has 3 rings (SSSR count). The number of nitrogens with two attached hydrogens (primary N) is 1. The first kappa shape index (κ1) is 13.3. The molecule has 104 valence electrons. The average molecular weight is 280 g/mol. The summed E-state index contributed by atoms with van der Waals surface area (Å²) in [7, 11) is 0. The van der Waals surface area contributed by atoms with Crippen molar-refractivity contribution in [2.45, 2.75) is 51.5 Å². The predicted molar refractivity (Wildman–Crippen MR) is 78.8 cm³/mol. The molecule has 0 spiro atoms. The number of halogens is 1. The first-order valence-corrected chi connectivity index (χ1v) is 7.69. The van der Waals surface area contributed by atoms with Gasteiger partial charge in [-0.1, -0.05) is 37.8 Å². The van der Waals surface area contributed by atoms with Gasteiger partial charge in [0, 0.05) is 23.0 Å². The Morgan fingerprint density at radius 2 is 2.00 bits per heavy atom. The lowest BCUT2D eigenvalue weighted by atomic mass is 9.69. The van der Waals surface area contributed by atoms with E-state index in [-0.39, 0.29) is 11.5 Å². The second-order valence-corrected chi connectivity index (χ2v) is 6.71. The fourth-order valence-electron chi connectivity index (χ4n) is 3.57. The van der Waals surface area contributed by atoms with E-state index >= 15 is 0 Å². The zero-order valence-corrected chi connectivity index (χ0v) is 12.3. The molecule has 19 heavy (non-hydrogen) atoms. The molecular weight excluding hydrogens is 258 g/mol. The molecule has 1 aliphatic heterocycles. The van der Waals surface area contributed by atoms with Crippen molar-refractivity contribution in [3.63, 3.8) is 0 Å². The van der Waals surface area contributed by atoms with E-state index in [1.165, 1.54) is 37.7 Å². The summed E-state index contributed by atoms with van der Waals surface area (Å²) in [5.74, 6) is 1.00. The van der Waals surface area contributed by atoms with E-state index < -0.39 is 0 Å². The van der Waals surface area contributed by atoms with Gasteiger partial charge in [-0.05, 0) is 36.0 Å². The van der Waals surface area contributed by atoms with Gasteiger partial charge in [-0.2, -0.15) is 0 Å². The Bertz CT molecular complexity index is 480. The van der Waals surface area contributed by atoms with Gasteiger partial charge in [0.1, 0.15) is 5.75 Å². The summed E-state index contributed by atoms with van der Waals surface area (Å²) in [5, 5.41) is 0.786. The summed E-state index contributed by atoms with van der Waals surface area (Å²) in [4.78, 5) is 0. The van der Waals surface area contributed by atoms with Crippen LogP contribution >= 0.6 is 11.6 Å². The average Bonchev–Trinajstić information content (AvgIpc) is 2.85. The van der Waals surface area contributed by atoms with Crippen LogP contribution in [0.5, 0.6) is 5.75 Å². The van der Waals surface area contributed by atoms with Crippen molar-refractivity contribution in [1.82, 2.24) is 0 Å². The molecular formula is C16H22ClNO. The Morgan fingerprint density at radius 1 is 1.26 bits per heavy atom. The van der Waals surface area contributed by atoms with Crippen LogP contribution < -0.4 is 10.5 Å². The molecule has 1 saturated carbocycles. The van der Waals surface area contributed by atoms with Crippen molar-refractivity contribution >= 4 is 11.6 Å². The predicted octanol–water partition coefficient (Wildman–Crippen LogP) is 4.25. The van der Waals surface area contributed by atoms with Gasteiger partial charge in [0.2, 0.25) is 0 Å². The van der Waals surface area contributed by atoms with Crippen molar-refractivity contribution in [2.24, 2.45) is 11.1 Å². The number of ether oxygens (including phenoxy) is 1. The molecule has 0 bridgehead atoms. The molecule has 1 aliphatic carbocycles. The molecule has 0 saturated heterocycles. The van der Waals surface area contributed by atoms with E-state index in [4.69, 9.17) is 22.1 Å². The molecule has 2 nitrogen and oxygen atoms in total. The highest BCUT2D eigenvalue weighted by molar-refractivity contribution is 6.30. The Labute approximate surface area is 120 Å². The summed E-state index contributed by atoms with van der Waals surface area (Å²) in [6.45, 7) is 3.07. The molecule has 1 aromatic rings. The molecule has 0 aromatic heterocycles. The van der Waals surface area contributed by atoms with Crippen molar-refractivity contribution in [3.05, 3.63) is 28.3 Å². The summed E-state index contributed by atoms with van der Waals surface area (Å²) in [6.07, 6.45) is 7.27. The van der Waals surface area contributed by atoms with Crippen LogP contribution in [0.1, 0.15) is 56.2 Å². The van der Waals surface area contributed by atoms with Crippen molar-refractivity contribution in [1.29, 1.82) is 0 Å². The highest BCUT2D eigenvalue weighted by Gasteiger charge is 2.36. The van der Waals surface area contributed by atoms with Gasteiger partial charge >= 0.3 is 0 Å². The quantitative estimate of drug-likeness (QED) is 0.878. The highest BCUT2D eigenvalue weighted by atomic mass is 35.5. The molecule has 1 atom stereocenters. The second-order valence-electron chi connectivity index (χ2n) is 6.27. The number of hydrogen-bond acceptors (Lipinski definition) is 2. The van der Waals surface area contributed by atoms with E-state index in [9.17, 15) is 0 Å². The second kappa shape index (κ2) is 4.99. The fraction of sp³-hybridized carbons (Fsp3) is 0.625. The van der Waals surface area contributed by atoms with Gasteiger partial charge in [-0.15, -0.1) is 0 Å². The van der Waals surface area contributed by atoms with Crippen molar-refractivity contribution < 1.29 is 4.74 Å². The van der Waals surface area contributed by atoms with Gasteiger partial charge in [-0.25, -0.2) is 0 Å². The maximum Gasteiger partial charge on any atom is 0.127 e. The minimum atomic E-state index is 0.0262. The zero-order chi connectivity index (χ0) is 13.5. The molecule has 2 aliphatic rings. The topological polar surface area (TPSA) is 35.2 Å². The third-order valence-corrected chi connectivity index (χ3v) is 5.08. The molecule has 1 aromatic carbocycles. The van der Waals surface area contributed by atoms with E-state index in [1.54, 1.807) is 0 Å². The van der Waals surface area contributed by atoms with Crippen LogP contribution in [0.3, 0.4) is 0 Å². The third-order valence-electron chi connectivity index (χ3n) is 4.86. The lowest BCUT2D eigenvalue weighted by Gasteiger charge is -2.39. The molecule has 0 radical (unpaired) electrons. The van der Waals surface area contributed by atoms with E-state index in [0.29, 0.717) is 0 Å². The van der Waals surface area contributed by atoms with Crippen LogP contribution in [-0.4, -0.2) is 6.61 Å². The Morgan fingerprint density at radius 3 is 2.74 bits per heavy atom. The van der Waals surface area contributed by atoms with Crippen LogP contribution in [-0.2, 0) is 6.42 Å². The molecule has 3 heteroatoms. The molecule has 0 amide bonds. The normalized spacial score (nSPS) is 22.7. The summed E-state index contributed by atoms with van der Waals surface area (Å²) < 4.78 is 5.80. The van der Waals surface area contributed by atoms with E-state index in [1.807, 2.05) is 12.1 Å². The summed E-state index contributed by atoms with van der Waals surface area (Å²) in [5.41, 5.74) is 9.13. The monoisotopic (exact) mass is 279 g/mol. The number of benzene rings is 1. The van der Waals surface area contributed by atoms with Crippen LogP contribution in [0, 0.1) is 5.41 Å². The maximum atomic E-state index is 6.61. The Kier molecular flexibility index (Phi) is 3.48. The zero-order valence-electron chi connectivity index (χ0n) is 11.5. The maximum absolute atomic E-state index is 6.61. The van der Waals surface area contributed by atoms with E-state index in [0.717, 1.165) is 29.4 Å². The van der Waals surface area contributed by atoms with Gasteiger partial charge in [0.15, 0.2) is 0 Å². The van der Waals surface area contributed by atoms with Crippen LogP contribution in [0.15, 0.2) is 12.1 Å². The van der Waals surface area contributed by atoms with Gasteiger partial charge in [0.05, 0.1) is 6.61 Å². The van der Waals surface area contributed by atoms with E-state index in [2.05, 4.69) is 6.92 Å². The lowest BCUT2D eigenvalue weighted by Crippen LogP contribution is -2.34. The van der Waals surface area contributed by atoms with Gasteiger partial charge in [0.25, 0.3) is 0 Å². The first-order valence-electron chi connectivity index (χ1n) is 7.31. The third kappa shape index (κ3) is 2.36. The largest absolute Gasteiger partial charge is 0.493 e. The number of fused-ring (bicyclic) bond motifs is 1. The van der Waals surface area contributed by atoms with Crippen LogP contribution in [0.2, 0.25) is 5.02 Å². The highest BCUT2D eigenvalue weighted by Crippen LogP contribution is 2.48. The van der Waals surface area contributed by atoms with Gasteiger partial charge in [-0.3, -0.25) is 0 Å². The van der Waals surface area contributed by atoms with Gasteiger partial charge < -0.3 is 10.5 Å². The summed E-state index contributed by atoms with van der Waals surface area (Å²) >= 11 is 6.25. The number of rotatable bonds is 2. The van der Waals surface area contributed by atoms with Crippen LogP contribution in [0.4, 0.5) is 0 Å². The summed E-state index contributed by atoms with van der Waals surface area (Å²) in [6, 6.07) is 4.05. The molecule has 1 unspecified atom stereocenters. The lowest BCUT2D eigenvalue weighted by molar-refractivity contribution is 0.168. The minimum Gasteiger partial charge on any atom is -0.493 e. The smallest absolute Gasteiger partial charge is 0.127 e.